The third-order valence-electron chi connectivity index (χ3n) is 8.08. The lowest BCUT2D eigenvalue weighted by atomic mass is 9.78. The number of nitriles is 4. The Kier molecular flexibility index (Phi) is 8.61. The Morgan fingerprint density at radius 2 is 1.00 bits per heavy atom. The van der Waals surface area contributed by atoms with E-state index in [4.69, 9.17) is 26.3 Å². The van der Waals surface area contributed by atoms with Crippen LogP contribution in [0.25, 0.3) is 64.1 Å². The van der Waals surface area contributed by atoms with Crippen LogP contribution in [0.3, 0.4) is 0 Å². The van der Waals surface area contributed by atoms with E-state index in [1.54, 1.807) is 12.1 Å². The molecular formula is C38H14F4N8. The van der Waals surface area contributed by atoms with Crippen molar-refractivity contribution in [3.8, 4) is 46.5 Å². The van der Waals surface area contributed by atoms with E-state index >= 15 is 0 Å². The van der Waals surface area contributed by atoms with Gasteiger partial charge in [0, 0.05) is 22.3 Å². The topological polar surface area (TPSA) is 113 Å². The van der Waals surface area contributed by atoms with Crippen LogP contribution in [-0.4, -0.2) is 0 Å². The second-order valence-electron chi connectivity index (χ2n) is 10.9. The van der Waals surface area contributed by atoms with E-state index in [1.165, 1.54) is 38.1 Å². The summed E-state index contributed by atoms with van der Waals surface area (Å²) in [5.41, 5.74) is -5.27. The maximum atomic E-state index is 14.3. The van der Waals surface area contributed by atoms with Gasteiger partial charge in [0.2, 0.25) is 5.70 Å². The molecule has 3 aromatic carbocycles. The van der Waals surface area contributed by atoms with E-state index in [9.17, 15) is 38.6 Å². The molecule has 0 heterocycles. The van der Waals surface area contributed by atoms with Gasteiger partial charge in [-0.2, -0.15) is 10.5 Å². The van der Waals surface area contributed by atoms with Gasteiger partial charge in [-0.15, -0.1) is 0 Å². The summed E-state index contributed by atoms with van der Waals surface area (Å²) in [5.74, 6) is 0. The van der Waals surface area contributed by atoms with Crippen molar-refractivity contribution < 1.29 is 17.6 Å². The second kappa shape index (κ2) is 12.8. The van der Waals surface area contributed by atoms with Crippen LogP contribution in [0.1, 0.15) is 57.4 Å². The van der Waals surface area contributed by atoms with Gasteiger partial charge < -0.3 is 0 Å². The van der Waals surface area contributed by atoms with E-state index in [0.29, 0.717) is 11.1 Å². The van der Waals surface area contributed by atoms with Crippen LogP contribution in [0.5, 0.6) is 0 Å². The van der Waals surface area contributed by atoms with Crippen LogP contribution >= 0.6 is 0 Å². The first kappa shape index (κ1) is 33.6. The lowest BCUT2D eigenvalue weighted by Gasteiger charge is -2.25. The molecule has 0 fully saturated rings. The lowest BCUT2D eigenvalue weighted by Crippen LogP contribution is -2.05. The van der Waals surface area contributed by atoms with Crippen LogP contribution in [0.4, 0.5) is 17.6 Å². The number of allylic oxidation sites excluding steroid dienone is 6. The molecule has 0 aromatic heterocycles. The van der Waals surface area contributed by atoms with Crippen molar-refractivity contribution in [3.05, 3.63) is 149 Å². The van der Waals surface area contributed by atoms with E-state index in [0.717, 1.165) is 12.1 Å². The van der Waals surface area contributed by atoms with Gasteiger partial charge in [0.1, 0.15) is 6.07 Å². The summed E-state index contributed by atoms with van der Waals surface area (Å²) in [6, 6.07) is 14.6. The first-order chi connectivity index (χ1) is 24.0. The van der Waals surface area contributed by atoms with Gasteiger partial charge in [-0.3, -0.25) is 4.85 Å². The number of nitrogens with zero attached hydrogens (tertiary/aromatic N) is 8. The van der Waals surface area contributed by atoms with Crippen molar-refractivity contribution in [1.29, 1.82) is 21.0 Å². The van der Waals surface area contributed by atoms with Crippen molar-refractivity contribution in [1.82, 2.24) is 0 Å². The number of rotatable bonds is 4. The zero-order chi connectivity index (χ0) is 36.6. The van der Waals surface area contributed by atoms with Gasteiger partial charge >= 0.3 is 0 Å². The van der Waals surface area contributed by atoms with Gasteiger partial charge in [0.15, 0.2) is 5.70 Å². The number of alkyl halides is 4. The third-order valence-corrected chi connectivity index (χ3v) is 8.08. The quantitative estimate of drug-likeness (QED) is 0.158. The number of hydrogen-bond donors (Lipinski definition) is 0. The van der Waals surface area contributed by atoms with Crippen LogP contribution in [0.2, 0.25) is 0 Å². The van der Waals surface area contributed by atoms with Crippen LogP contribution in [-0.2, 0) is 0 Å². The molecule has 2 aliphatic carbocycles. The summed E-state index contributed by atoms with van der Waals surface area (Å²) >= 11 is 0. The first-order valence-electron chi connectivity index (χ1n) is 14.1. The monoisotopic (exact) mass is 658 g/mol. The second-order valence-corrected chi connectivity index (χ2v) is 10.9. The Morgan fingerprint density at radius 1 is 0.560 bits per heavy atom. The minimum absolute atomic E-state index is 0.0267. The highest BCUT2D eigenvalue weighted by atomic mass is 19.3. The van der Waals surface area contributed by atoms with Crippen LogP contribution < -0.4 is 0 Å². The van der Waals surface area contributed by atoms with Crippen molar-refractivity contribution in [2.75, 3.05) is 0 Å². The average molecular weight is 659 g/mol. The fourth-order valence-corrected chi connectivity index (χ4v) is 6.39. The summed E-state index contributed by atoms with van der Waals surface area (Å²) in [6.45, 7) is 34.8. The summed E-state index contributed by atoms with van der Waals surface area (Å²) in [5, 5.41) is 41.2. The van der Waals surface area contributed by atoms with Crippen LogP contribution in [0.15, 0.2) is 59.1 Å². The molecule has 50 heavy (non-hydrogen) atoms. The molecular weight excluding hydrogens is 644 g/mol. The molecule has 0 N–H and O–H groups in total. The van der Waals surface area contributed by atoms with E-state index < -0.39 is 57.9 Å². The summed E-state index contributed by atoms with van der Waals surface area (Å²) < 4.78 is 57.0. The summed E-state index contributed by atoms with van der Waals surface area (Å²) in [4.78, 5) is 13.6. The van der Waals surface area contributed by atoms with Crippen molar-refractivity contribution >= 4 is 22.4 Å². The van der Waals surface area contributed by atoms with E-state index in [2.05, 4.69) is 19.4 Å². The smallest absolute Gasteiger partial charge is 0.251 e. The predicted octanol–water partition coefficient (Wildman–Crippen LogP) is 10.2. The first-order valence-corrected chi connectivity index (χ1v) is 14.1. The Balaban J connectivity index is 2.31. The number of halogens is 4. The average Bonchev–Trinajstić information content (AvgIpc) is 3.59. The molecule has 0 atom stereocenters. The molecule has 0 aliphatic heterocycles. The Hall–Kier alpha value is -7.74. The third kappa shape index (κ3) is 4.92. The normalized spacial score (nSPS) is 14.7. The summed E-state index contributed by atoms with van der Waals surface area (Å²) in [6.07, 6.45) is -6.00. The number of fused-ring (bicyclic) bond motifs is 2. The minimum Gasteiger partial charge on any atom is -0.251 e. The zero-order valence-corrected chi connectivity index (χ0v) is 25.7. The molecule has 0 amide bonds. The highest BCUT2D eigenvalue weighted by molar-refractivity contribution is 6.22. The highest BCUT2D eigenvalue weighted by Crippen LogP contribution is 2.60. The lowest BCUT2D eigenvalue weighted by molar-refractivity contribution is 0.151. The van der Waals surface area contributed by atoms with Crippen molar-refractivity contribution in [2.45, 2.75) is 26.7 Å². The molecule has 0 saturated heterocycles. The summed E-state index contributed by atoms with van der Waals surface area (Å²) in [7, 11) is 0. The molecule has 2 aliphatic rings. The van der Waals surface area contributed by atoms with Gasteiger partial charge in [-0.05, 0) is 70.5 Å². The van der Waals surface area contributed by atoms with Crippen LogP contribution in [0, 0.1) is 85.5 Å². The van der Waals surface area contributed by atoms with Gasteiger partial charge in [-0.25, -0.2) is 42.6 Å². The Bertz CT molecular complexity index is 2390. The van der Waals surface area contributed by atoms with Gasteiger partial charge in [-0.1, -0.05) is 35.4 Å². The van der Waals surface area contributed by atoms with E-state index in [1.807, 2.05) is 12.1 Å². The molecule has 12 heteroatoms. The standard InChI is InChI=1S/C38H14F4N8/c1-17-7-19(11-21(9-17)37(39)40)27-30-24(14-44)23(13-43)29(25(15-45)47-3)32(30)28(20-8-18(2)10-22(12-20)38(41)42)34-33(27)31(26(16-46)48-4)35(49-5)36(34)50-6/h7-12,37-38H,1-2H3/b29-25-,31-26-. The van der Waals surface area contributed by atoms with Gasteiger partial charge in [0.05, 0.1) is 55.6 Å². The largest absolute Gasteiger partial charge is 0.270 e. The number of benzene rings is 3. The maximum absolute atomic E-state index is 14.3. The van der Waals surface area contributed by atoms with Crippen molar-refractivity contribution in [2.24, 2.45) is 0 Å². The Morgan fingerprint density at radius 3 is 1.40 bits per heavy atom. The zero-order valence-electron chi connectivity index (χ0n) is 25.7. The molecule has 0 radical (unpaired) electrons. The molecule has 0 saturated carbocycles. The van der Waals surface area contributed by atoms with E-state index in [-0.39, 0.29) is 55.7 Å². The van der Waals surface area contributed by atoms with Gasteiger partial charge in [0.25, 0.3) is 24.2 Å². The van der Waals surface area contributed by atoms with Crippen molar-refractivity contribution in [3.63, 3.8) is 0 Å². The fraction of sp³-hybridized carbons (Fsp3) is 0.105. The molecule has 0 spiro atoms. The molecule has 5 rings (SSSR count). The Labute approximate surface area is 283 Å². The fourth-order valence-electron chi connectivity index (χ4n) is 6.39. The minimum atomic E-state index is -3.00. The molecule has 3 aromatic rings. The molecule has 0 unspecified atom stereocenters. The number of aryl methyl sites for hydroxylation is 2. The maximum Gasteiger partial charge on any atom is 0.270 e. The predicted molar refractivity (Wildman–Crippen MR) is 173 cm³/mol. The molecule has 234 valence electrons. The molecule has 0 bridgehead atoms. The SMILES string of the molecule is [C-]#[N+]C1=C([N+]#[C-])c2c(c(-c3cc(C)cc(C(F)F)c3)c3c(c2-c2cc(C)cc(C(F)F)c2)/C(=C(/C#N)[N+]#[C-])C(C#N)=C3C#N)/C1=C(\C#N)[N+]#[C-]. The number of hydrogen-bond acceptors (Lipinski definition) is 4. The highest BCUT2D eigenvalue weighted by Gasteiger charge is 2.43. The molecule has 8 nitrogen and oxygen atoms in total.